The Morgan fingerprint density at radius 1 is 1.27 bits per heavy atom. The molecule has 1 rings (SSSR count). The highest BCUT2D eigenvalue weighted by molar-refractivity contribution is 5.82. The first-order chi connectivity index (χ1) is 10.2. The lowest BCUT2D eigenvalue weighted by molar-refractivity contribution is -0.146. The molecule has 0 saturated heterocycles. The Labute approximate surface area is 129 Å². The second kappa shape index (κ2) is 7.13. The molecule has 122 valence electrons. The minimum atomic E-state index is -1.36. The van der Waals surface area contributed by atoms with Crippen molar-refractivity contribution in [3.63, 3.8) is 0 Å². The summed E-state index contributed by atoms with van der Waals surface area (Å²) < 4.78 is 9.69. The molecule has 1 aromatic carbocycles. The summed E-state index contributed by atoms with van der Waals surface area (Å²) in [6.07, 6.45) is -2.20. The summed E-state index contributed by atoms with van der Waals surface area (Å²) in [6, 6.07) is 5.17. The number of carbonyl (C=O) groups excluding carboxylic acids is 2. The van der Waals surface area contributed by atoms with Crippen LogP contribution in [0.25, 0.3) is 0 Å². The van der Waals surface area contributed by atoms with Gasteiger partial charge < -0.3 is 25.6 Å². The Balaban J connectivity index is 2.96. The van der Waals surface area contributed by atoms with E-state index in [0.717, 1.165) is 7.11 Å². The zero-order valence-corrected chi connectivity index (χ0v) is 13.1. The van der Waals surface area contributed by atoms with Gasteiger partial charge in [-0.3, -0.25) is 0 Å². The molecule has 2 unspecified atom stereocenters. The zero-order valence-electron chi connectivity index (χ0n) is 13.1. The van der Waals surface area contributed by atoms with E-state index in [0.29, 0.717) is 11.3 Å². The number of methoxy groups -OCH3 is 1. The smallest absolute Gasteiger partial charge is 0.408 e. The normalized spacial score (nSPS) is 13.9. The van der Waals surface area contributed by atoms with Crippen molar-refractivity contribution >= 4 is 17.7 Å². The van der Waals surface area contributed by atoms with Gasteiger partial charge in [0.25, 0.3) is 0 Å². The molecule has 0 heterocycles. The number of para-hydroxylation sites is 1. The van der Waals surface area contributed by atoms with Gasteiger partial charge in [-0.05, 0) is 26.8 Å². The largest absolute Gasteiger partial charge is 0.467 e. The summed E-state index contributed by atoms with van der Waals surface area (Å²) in [7, 11) is 1.16. The van der Waals surface area contributed by atoms with E-state index >= 15 is 0 Å². The average molecular weight is 310 g/mol. The SMILES string of the molecule is COC(=O)C(NC(=O)OC(C)(C)C)C(O)c1ccccc1N. The maximum Gasteiger partial charge on any atom is 0.408 e. The molecule has 0 aromatic heterocycles. The van der Waals surface area contributed by atoms with Gasteiger partial charge in [-0.2, -0.15) is 0 Å². The van der Waals surface area contributed by atoms with E-state index in [1.165, 1.54) is 0 Å². The zero-order chi connectivity index (χ0) is 16.9. The van der Waals surface area contributed by atoms with Crippen molar-refractivity contribution in [1.82, 2.24) is 5.32 Å². The Hall–Kier alpha value is -2.28. The van der Waals surface area contributed by atoms with Gasteiger partial charge in [-0.25, -0.2) is 9.59 Å². The Morgan fingerprint density at radius 2 is 1.86 bits per heavy atom. The number of carbonyl (C=O) groups is 2. The van der Waals surface area contributed by atoms with Crippen LogP contribution in [0.2, 0.25) is 0 Å². The molecule has 0 fully saturated rings. The number of benzene rings is 1. The van der Waals surface area contributed by atoms with Crippen LogP contribution in [-0.4, -0.2) is 35.9 Å². The fourth-order valence-electron chi connectivity index (χ4n) is 1.79. The van der Waals surface area contributed by atoms with Crippen LogP contribution in [0.4, 0.5) is 10.5 Å². The van der Waals surface area contributed by atoms with Crippen molar-refractivity contribution in [2.24, 2.45) is 0 Å². The first-order valence-corrected chi connectivity index (χ1v) is 6.75. The van der Waals surface area contributed by atoms with Gasteiger partial charge in [0.2, 0.25) is 0 Å². The number of aliphatic hydroxyl groups is 1. The van der Waals surface area contributed by atoms with Crippen molar-refractivity contribution in [2.45, 2.75) is 38.5 Å². The number of nitrogens with one attached hydrogen (secondary N) is 1. The van der Waals surface area contributed by atoms with E-state index in [1.807, 2.05) is 0 Å². The number of esters is 1. The topological polar surface area (TPSA) is 111 Å². The van der Waals surface area contributed by atoms with Crippen LogP contribution in [0.15, 0.2) is 24.3 Å². The minimum absolute atomic E-state index is 0.301. The molecule has 1 aromatic rings. The molecule has 0 bridgehead atoms. The van der Waals surface area contributed by atoms with Crippen LogP contribution >= 0.6 is 0 Å². The second-order valence-electron chi connectivity index (χ2n) is 5.72. The molecule has 0 aliphatic heterocycles. The van der Waals surface area contributed by atoms with E-state index in [4.69, 9.17) is 10.5 Å². The van der Waals surface area contributed by atoms with Crippen LogP contribution in [-0.2, 0) is 14.3 Å². The maximum absolute atomic E-state index is 11.8. The number of aliphatic hydroxyl groups excluding tert-OH is 1. The van der Waals surface area contributed by atoms with Gasteiger partial charge in [0.1, 0.15) is 11.7 Å². The van der Waals surface area contributed by atoms with Gasteiger partial charge in [-0.1, -0.05) is 18.2 Å². The molecule has 0 saturated carbocycles. The third kappa shape index (κ3) is 4.92. The van der Waals surface area contributed by atoms with Crippen molar-refractivity contribution in [1.29, 1.82) is 0 Å². The summed E-state index contributed by atoms with van der Waals surface area (Å²) in [5.41, 5.74) is 5.66. The lowest BCUT2D eigenvalue weighted by atomic mass is 10.0. The molecule has 4 N–H and O–H groups in total. The highest BCUT2D eigenvalue weighted by Gasteiger charge is 2.33. The number of nitrogens with two attached hydrogens (primary N) is 1. The molecule has 0 spiro atoms. The fraction of sp³-hybridized carbons (Fsp3) is 0.467. The minimum Gasteiger partial charge on any atom is -0.467 e. The lowest BCUT2D eigenvalue weighted by Gasteiger charge is -2.25. The van der Waals surface area contributed by atoms with E-state index in [2.05, 4.69) is 10.1 Å². The molecule has 0 aliphatic rings. The highest BCUT2D eigenvalue weighted by Crippen LogP contribution is 2.23. The van der Waals surface area contributed by atoms with Crippen LogP contribution in [0.1, 0.15) is 32.4 Å². The number of ether oxygens (including phenoxy) is 2. The van der Waals surface area contributed by atoms with Crippen LogP contribution in [0, 0.1) is 0 Å². The number of nitrogen functional groups attached to an aromatic ring is 1. The van der Waals surface area contributed by atoms with Crippen LogP contribution in [0.5, 0.6) is 0 Å². The second-order valence-corrected chi connectivity index (χ2v) is 5.72. The summed E-state index contributed by atoms with van der Waals surface area (Å²) in [5.74, 6) is -0.804. The van der Waals surface area contributed by atoms with Crippen molar-refractivity contribution in [3.05, 3.63) is 29.8 Å². The number of hydrogen-bond acceptors (Lipinski definition) is 6. The molecular weight excluding hydrogens is 288 g/mol. The summed E-state index contributed by atoms with van der Waals surface area (Å²) >= 11 is 0. The van der Waals surface area contributed by atoms with Crippen LogP contribution < -0.4 is 11.1 Å². The van der Waals surface area contributed by atoms with Crippen LogP contribution in [0.3, 0.4) is 0 Å². The molecule has 7 heteroatoms. The van der Waals surface area contributed by atoms with E-state index in [9.17, 15) is 14.7 Å². The van der Waals surface area contributed by atoms with E-state index < -0.39 is 29.8 Å². The summed E-state index contributed by atoms with van der Waals surface area (Å²) in [5, 5.41) is 12.7. The van der Waals surface area contributed by atoms with Gasteiger partial charge in [0, 0.05) is 11.3 Å². The molecule has 2 atom stereocenters. The van der Waals surface area contributed by atoms with Crippen molar-refractivity contribution in [2.75, 3.05) is 12.8 Å². The molecule has 0 aliphatic carbocycles. The monoisotopic (exact) mass is 310 g/mol. The third-order valence-corrected chi connectivity index (χ3v) is 2.76. The van der Waals surface area contributed by atoms with Crippen molar-refractivity contribution in [3.8, 4) is 0 Å². The highest BCUT2D eigenvalue weighted by atomic mass is 16.6. The molecular formula is C15H22N2O5. The quantitative estimate of drug-likeness (QED) is 0.572. The van der Waals surface area contributed by atoms with E-state index in [-0.39, 0.29) is 0 Å². The average Bonchev–Trinajstić information content (AvgIpc) is 2.42. The Kier molecular flexibility index (Phi) is 5.76. The third-order valence-electron chi connectivity index (χ3n) is 2.76. The standard InChI is InChI=1S/C15H22N2O5/c1-15(2,3)22-14(20)17-11(13(19)21-4)12(18)9-7-5-6-8-10(9)16/h5-8,11-12,18H,16H2,1-4H3,(H,17,20). The fourth-order valence-corrected chi connectivity index (χ4v) is 1.79. The molecule has 0 radical (unpaired) electrons. The number of amides is 1. The maximum atomic E-state index is 11.8. The number of anilines is 1. The molecule has 7 nitrogen and oxygen atoms in total. The number of rotatable bonds is 4. The van der Waals surface area contributed by atoms with Gasteiger partial charge in [0.05, 0.1) is 7.11 Å². The molecule has 1 amide bonds. The summed E-state index contributed by atoms with van der Waals surface area (Å²) in [4.78, 5) is 23.7. The summed E-state index contributed by atoms with van der Waals surface area (Å²) in [6.45, 7) is 5.06. The lowest BCUT2D eigenvalue weighted by Crippen LogP contribution is -2.47. The van der Waals surface area contributed by atoms with Crippen molar-refractivity contribution < 1.29 is 24.2 Å². The number of alkyl carbamates (subject to hydrolysis) is 1. The predicted octanol–water partition coefficient (Wildman–Crippen LogP) is 1.37. The molecule has 22 heavy (non-hydrogen) atoms. The number of hydrogen-bond donors (Lipinski definition) is 3. The first kappa shape index (κ1) is 17.8. The van der Waals surface area contributed by atoms with E-state index in [1.54, 1.807) is 45.0 Å². The van der Waals surface area contributed by atoms with Gasteiger partial charge in [-0.15, -0.1) is 0 Å². The van der Waals surface area contributed by atoms with Gasteiger partial charge in [0.15, 0.2) is 6.04 Å². The first-order valence-electron chi connectivity index (χ1n) is 6.75. The Bertz CT molecular complexity index is 539. The predicted molar refractivity (Wildman–Crippen MR) is 81.0 cm³/mol. The van der Waals surface area contributed by atoms with Gasteiger partial charge >= 0.3 is 12.1 Å². The Morgan fingerprint density at radius 3 is 2.36 bits per heavy atom.